The van der Waals surface area contributed by atoms with E-state index in [1.807, 2.05) is 0 Å². The number of rotatable bonds is 7. The van der Waals surface area contributed by atoms with Crippen LogP contribution in [0.3, 0.4) is 0 Å². The monoisotopic (exact) mass is 275 g/mol. The maximum Gasteiger partial charge on any atom is 0.338 e. The molecule has 0 saturated carbocycles. The highest BCUT2D eigenvalue weighted by Crippen LogP contribution is 2.22. The smallest absolute Gasteiger partial charge is 0.338 e. The van der Waals surface area contributed by atoms with Crippen LogP contribution in [0.5, 0.6) is 0 Å². The Morgan fingerprint density at radius 2 is 2.00 bits per heavy atom. The molecule has 0 aliphatic heterocycles. The Labute approximate surface area is 117 Å². The normalized spacial score (nSPS) is 13.1. The molecule has 0 aliphatic rings. The minimum absolute atomic E-state index is 0.0697. The van der Waals surface area contributed by atoms with Gasteiger partial charge >= 0.3 is 5.97 Å². The van der Waals surface area contributed by atoms with Crippen LogP contribution in [-0.2, 0) is 4.74 Å². The third kappa shape index (κ3) is 4.05. The van der Waals surface area contributed by atoms with Crippen molar-refractivity contribution in [1.29, 1.82) is 0 Å². The van der Waals surface area contributed by atoms with E-state index in [0.29, 0.717) is 12.8 Å². The van der Waals surface area contributed by atoms with Crippen LogP contribution in [0.2, 0.25) is 0 Å². The molecule has 0 spiro atoms. The van der Waals surface area contributed by atoms with Gasteiger partial charge < -0.3 is 4.74 Å². The van der Waals surface area contributed by atoms with Crippen molar-refractivity contribution >= 4 is 11.7 Å². The Balaban J connectivity index is 2.81. The third-order valence-corrected chi connectivity index (χ3v) is 2.92. The molecule has 20 heavy (non-hydrogen) atoms. The number of nitro benzene ring substituents is 1. The lowest BCUT2D eigenvalue weighted by molar-refractivity contribution is -0.384. The first-order valence-corrected chi connectivity index (χ1v) is 6.14. The summed E-state index contributed by atoms with van der Waals surface area (Å²) in [4.78, 5) is 22.0. The van der Waals surface area contributed by atoms with Crippen molar-refractivity contribution in [2.24, 2.45) is 0 Å². The summed E-state index contributed by atoms with van der Waals surface area (Å²) in [6.45, 7) is 9.05. The maximum atomic E-state index is 12.0. The van der Waals surface area contributed by atoms with Crippen LogP contribution in [0.4, 0.5) is 5.69 Å². The standard InChI is InChI=1S/C15H17NO4/c1-4-6-11-15(3,5-2)20-14(17)12-7-9-13(10-8-12)16(18)19/h4-5,7-10H,1-2,6,11H2,3H3. The zero-order valence-electron chi connectivity index (χ0n) is 11.4. The van der Waals surface area contributed by atoms with Crippen molar-refractivity contribution < 1.29 is 14.5 Å². The molecule has 0 amide bonds. The zero-order chi connectivity index (χ0) is 15.2. The Bertz CT molecular complexity index is 521. The zero-order valence-corrected chi connectivity index (χ0v) is 11.4. The Kier molecular flexibility index (Phi) is 5.20. The molecule has 0 fully saturated rings. The first kappa shape index (κ1) is 15.6. The molecule has 0 heterocycles. The van der Waals surface area contributed by atoms with Crippen molar-refractivity contribution in [2.75, 3.05) is 0 Å². The summed E-state index contributed by atoms with van der Waals surface area (Å²) >= 11 is 0. The van der Waals surface area contributed by atoms with Crippen LogP contribution in [0.15, 0.2) is 49.6 Å². The molecule has 106 valence electrons. The van der Waals surface area contributed by atoms with Crippen molar-refractivity contribution in [3.63, 3.8) is 0 Å². The van der Waals surface area contributed by atoms with E-state index in [4.69, 9.17) is 4.74 Å². The van der Waals surface area contributed by atoms with Crippen molar-refractivity contribution in [3.05, 3.63) is 65.3 Å². The van der Waals surface area contributed by atoms with Crippen molar-refractivity contribution in [3.8, 4) is 0 Å². The van der Waals surface area contributed by atoms with E-state index >= 15 is 0 Å². The highest BCUT2D eigenvalue weighted by atomic mass is 16.6. The lowest BCUT2D eigenvalue weighted by Gasteiger charge is -2.25. The second-order valence-electron chi connectivity index (χ2n) is 4.54. The van der Waals surface area contributed by atoms with Crippen molar-refractivity contribution in [1.82, 2.24) is 0 Å². The molecule has 0 aliphatic carbocycles. The van der Waals surface area contributed by atoms with Gasteiger partial charge in [0.15, 0.2) is 0 Å². The third-order valence-electron chi connectivity index (χ3n) is 2.92. The summed E-state index contributed by atoms with van der Waals surface area (Å²) < 4.78 is 5.40. The number of nitrogens with zero attached hydrogens (tertiary/aromatic N) is 1. The first-order valence-electron chi connectivity index (χ1n) is 6.14. The largest absolute Gasteiger partial charge is 0.452 e. The highest BCUT2D eigenvalue weighted by molar-refractivity contribution is 5.90. The fraction of sp³-hybridized carbons (Fsp3) is 0.267. The lowest BCUT2D eigenvalue weighted by atomic mass is 10.00. The van der Waals surface area contributed by atoms with Crippen LogP contribution in [-0.4, -0.2) is 16.5 Å². The van der Waals surface area contributed by atoms with E-state index < -0.39 is 16.5 Å². The van der Waals surface area contributed by atoms with Crippen LogP contribution >= 0.6 is 0 Å². The molecule has 0 aromatic heterocycles. The van der Waals surface area contributed by atoms with Crippen LogP contribution in [0, 0.1) is 10.1 Å². The minimum atomic E-state index is -0.785. The van der Waals surface area contributed by atoms with Crippen LogP contribution < -0.4 is 0 Å². The fourth-order valence-corrected chi connectivity index (χ4v) is 1.57. The number of hydrogen-bond acceptors (Lipinski definition) is 4. The quantitative estimate of drug-likeness (QED) is 0.329. The molecular formula is C15H17NO4. The number of allylic oxidation sites excluding steroid dienone is 1. The summed E-state index contributed by atoms with van der Waals surface area (Å²) in [7, 11) is 0. The molecule has 1 rings (SSSR count). The van der Waals surface area contributed by atoms with Gasteiger partial charge in [0.1, 0.15) is 5.60 Å². The van der Waals surface area contributed by atoms with Gasteiger partial charge in [-0.2, -0.15) is 0 Å². The molecule has 0 bridgehead atoms. The first-order chi connectivity index (χ1) is 9.41. The molecule has 0 radical (unpaired) electrons. The van der Waals surface area contributed by atoms with Gasteiger partial charge in [-0.25, -0.2) is 4.79 Å². The number of non-ortho nitro benzene ring substituents is 1. The summed E-state index contributed by atoms with van der Waals surface area (Å²) in [5, 5.41) is 10.5. The molecule has 1 aromatic rings. The number of esters is 1. The summed E-state index contributed by atoms with van der Waals surface area (Å²) in [5.41, 5.74) is -0.588. The van der Waals surface area contributed by atoms with E-state index in [-0.39, 0.29) is 11.3 Å². The molecule has 1 unspecified atom stereocenters. The Morgan fingerprint density at radius 3 is 2.45 bits per heavy atom. The van der Waals surface area contributed by atoms with Gasteiger partial charge in [0, 0.05) is 12.1 Å². The van der Waals surface area contributed by atoms with E-state index in [0.717, 1.165) is 0 Å². The Morgan fingerprint density at radius 1 is 1.40 bits per heavy atom. The predicted octanol–water partition coefficient (Wildman–Crippen LogP) is 3.66. The minimum Gasteiger partial charge on any atom is -0.452 e. The number of hydrogen-bond donors (Lipinski definition) is 0. The second kappa shape index (κ2) is 6.65. The van der Waals surface area contributed by atoms with Gasteiger partial charge in [-0.1, -0.05) is 12.7 Å². The highest BCUT2D eigenvalue weighted by Gasteiger charge is 2.25. The molecule has 5 nitrogen and oxygen atoms in total. The number of nitro groups is 1. The maximum absolute atomic E-state index is 12.0. The van der Waals surface area contributed by atoms with Gasteiger partial charge in [0.2, 0.25) is 0 Å². The number of carbonyl (C=O) groups excluding carboxylic acids is 1. The average Bonchev–Trinajstić information content (AvgIpc) is 2.45. The SMILES string of the molecule is C=CCCC(C)(C=C)OC(=O)c1ccc([N+](=O)[O-])cc1. The van der Waals surface area contributed by atoms with Gasteiger partial charge in [-0.3, -0.25) is 10.1 Å². The molecule has 0 N–H and O–H groups in total. The van der Waals surface area contributed by atoms with Gasteiger partial charge in [0.25, 0.3) is 5.69 Å². The second-order valence-corrected chi connectivity index (χ2v) is 4.54. The lowest BCUT2D eigenvalue weighted by Crippen LogP contribution is -2.29. The average molecular weight is 275 g/mol. The van der Waals surface area contributed by atoms with Gasteiger partial charge in [-0.05, 0) is 38.0 Å². The van der Waals surface area contributed by atoms with Crippen LogP contribution in [0.1, 0.15) is 30.1 Å². The molecule has 1 atom stereocenters. The molecular weight excluding hydrogens is 258 g/mol. The van der Waals surface area contributed by atoms with E-state index in [2.05, 4.69) is 13.2 Å². The summed E-state index contributed by atoms with van der Waals surface area (Å²) in [6, 6.07) is 5.28. The molecule has 1 aromatic carbocycles. The number of benzene rings is 1. The topological polar surface area (TPSA) is 69.4 Å². The Hall–Kier alpha value is -2.43. The predicted molar refractivity (Wildman–Crippen MR) is 76.5 cm³/mol. The number of ether oxygens (including phenoxy) is 1. The van der Waals surface area contributed by atoms with Crippen LogP contribution in [0.25, 0.3) is 0 Å². The fourth-order valence-electron chi connectivity index (χ4n) is 1.57. The van der Waals surface area contributed by atoms with E-state index in [1.165, 1.54) is 24.3 Å². The summed E-state index contributed by atoms with van der Waals surface area (Å²) in [6.07, 6.45) is 4.58. The van der Waals surface area contributed by atoms with Crippen molar-refractivity contribution in [2.45, 2.75) is 25.4 Å². The molecule has 5 heteroatoms. The van der Waals surface area contributed by atoms with E-state index in [9.17, 15) is 14.9 Å². The van der Waals surface area contributed by atoms with Gasteiger partial charge in [0.05, 0.1) is 10.5 Å². The van der Waals surface area contributed by atoms with E-state index in [1.54, 1.807) is 19.1 Å². The summed E-state index contributed by atoms with van der Waals surface area (Å²) in [5.74, 6) is -0.536. The van der Waals surface area contributed by atoms with Gasteiger partial charge in [-0.15, -0.1) is 6.58 Å². The number of carbonyl (C=O) groups is 1. The molecule has 0 saturated heterocycles.